The van der Waals surface area contributed by atoms with Gasteiger partial charge in [0.05, 0.1) is 12.2 Å². The first-order valence-corrected chi connectivity index (χ1v) is 17.9. The van der Waals surface area contributed by atoms with Crippen molar-refractivity contribution in [3.63, 3.8) is 0 Å². The van der Waals surface area contributed by atoms with Crippen LogP contribution in [0.3, 0.4) is 0 Å². The number of amides is 1. The largest absolute Gasteiger partial charge is 0.522 e. The molecule has 0 aliphatic rings. The van der Waals surface area contributed by atoms with Gasteiger partial charge in [0.25, 0.3) is 10.1 Å². The molecule has 0 bridgehead atoms. The number of alkyl halides is 3. The van der Waals surface area contributed by atoms with Gasteiger partial charge in [0.1, 0.15) is 22.2 Å². The molecule has 0 spiro atoms. The van der Waals surface area contributed by atoms with E-state index in [1.807, 2.05) is 0 Å². The van der Waals surface area contributed by atoms with Crippen molar-refractivity contribution in [3.8, 4) is 0 Å². The van der Waals surface area contributed by atoms with Crippen molar-refractivity contribution >= 4 is 70.1 Å². The van der Waals surface area contributed by atoms with E-state index < -0.39 is 64.3 Å². The molecule has 3 N–H and O–H groups in total. The topological polar surface area (TPSA) is 201 Å². The van der Waals surface area contributed by atoms with Gasteiger partial charge in [-0.1, -0.05) is 42.0 Å². The fraction of sp³-hybridized carbons (Fsp3) is 0.250. The van der Waals surface area contributed by atoms with E-state index in [4.69, 9.17) is 13.0 Å². The second kappa shape index (κ2) is 14.0. The Morgan fingerprint density at radius 3 is 1.72 bits per heavy atom. The van der Waals surface area contributed by atoms with Gasteiger partial charge in [-0.2, -0.15) is 43.0 Å². The summed E-state index contributed by atoms with van der Waals surface area (Å²) in [5.41, 5.74) is -3.59. The lowest BCUT2D eigenvalue weighted by molar-refractivity contribution is -0.645. The molecule has 4 rings (SSSR count). The number of fused-ring (bicyclic) bond motifs is 2. The van der Waals surface area contributed by atoms with Crippen molar-refractivity contribution in [2.24, 2.45) is 0 Å². The van der Waals surface area contributed by atoms with Gasteiger partial charge in [0.2, 0.25) is 11.0 Å². The zero-order valence-electron chi connectivity index (χ0n) is 24.4. The van der Waals surface area contributed by atoms with Crippen LogP contribution in [0.5, 0.6) is 0 Å². The number of quaternary nitrogens is 1. The minimum absolute atomic E-state index is 0.0746. The zero-order chi connectivity index (χ0) is 35.4. The standard InChI is InChI=1S/C27H26N2O8S2.CHF3O3S/c1-20-11-13-21(14-12-20)39(36,37)29(19-30,17-15-26(31)32)27-22-7-2-4-9-24(22)28(16-6-18-38(33,34)35)25-10-5-3-8-23(25)27;2-1(3,4)8(5,6)7/h2-5,7-14,19H,6,15-18H2,1H3;(H,5,6,7)/p+2. The fourth-order valence-corrected chi connectivity index (χ4v) is 7.05. The van der Waals surface area contributed by atoms with E-state index in [0.29, 0.717) is 21.8 Å². The van der Waals surface area contributed by atoms with Gasteiger partial charge in [0.15, 0.2) is 12.2 Å². The van der Waals surface area contributed by atoms with Crippen LogP contribution < -0.4 is 8.46 Å². The molecule has 3 aromatic carbocycles. The first-order chi connectivity index (χ1) is 21.7. The molecule has 0 saturated carbocycles. The van der Waals surface area contributed by atoms with Gasteiger partial charge in [-0.05, 0) is 31.2 Å². The van der Waals surface area contributed by atoms with Crippen molar-refractivity contribution in [2.45, 2.75) is 36.7 Å². The first kappa shape index (κ1) is 37.4. The summed E-state index contributed by atoms with van der Waals surface area (Å²) in [6, 6.07) is 19.5. The van der Waals surface area contributed by atoms with E-state index in [0.717, 1.165) is 5.56 Å². The normalized spacial score (nSPS) is 13.8. The van der Waals surface area contributed by atoms with Gasteiger partial charge in [-0.15, -0.1) is 3.89 Å². The minimum atomic E-state index is -5.84. The molecular formula is C28H29F3N2O11S3+2. The van der Waals surface area contributed by atoms with Gasteiger partial charge < -0.3 is 5.11 Å². The molecule has 0 aliphatic heterocycles. The third-order valence-electron chi connectivity index (χ3n) is 6.93. The predicted molar refractivity (Wildman–Crippen MR) is 164 cm³/mol. The van der Waals surface area contributed by atoms with Crippen LogP contribution in [0.4, 0.5) is 18.9 Å². The highest BCUT2D eigenvalue weighted by Crippen LogP contribution is 2.41. The number of aryl methyl sites for hydroxylation is 2. The van der Waals surface area contributed by atoms with E-state index in [-0.39, 0.29) is 30.0 Å². The minimum Gasteiger partial charge on any atom is -0.481 e. The third-order valence-corrected chi connectivity index (χ3v) is 10.5. The number of pyridine rings is 1. The van der Waals surface area contributed by atoms with Gasteiger partial charge >= 0.3 is 38.0 Å². The van der Waals surface area contributed by atoms with E-state index >= 15 is 0 Å². The lowest BCUT2D eigenvalue weighted by atomic mass is 10.1. The van der Waals surface area contributed by atoms with Crippen LogP contribution in [0.1, 0.15) is 18.4 Å². The van der Waals surface area contributed by atoms with E-state index in [1.54, 1.807) is 72.2 Å². The van der Waals surface area contributed by atoms with E-state index in [1.165, 1.54) is 12.1 Å². The molecule has 4 aromatic rings. The number of sulfonamides is 1. The highest BCUT2D eigenvalue weighted by atomic mass is 32.2. The number of carboxylic acids is 1. The van der Waals surface area contributed by atoms with E-state index in [9.17, 15) is 49.3 Å². The Bertz CT molecular complexity index is 2080. The van der Waals surface area contributed by atoms with Crippen LogP contribution in [0.15, 0.2) is 77.7 Å². The second-order valence-corrected chi connectivity index (χ2v) is 15.2. The summed E-state index contributed by atoms with van der Waals surface area (Å²) in [5.74, 6) is -1.73. The smallest absolute Gasteiger partial charge is 0.481 e. The number of nitrogens with zero attached hydrogens (tertiary/aromatic N) is 2. The maximum absolute atomic E-state index is 14.3. The fourth-order valence-electron chi connectivity index (χ4n) is 4.82. The average Bonchev–Trinajstić information content (AvgIpc) is 2.97. The molecule has 0 aliphatic carbocycles. The van der Waals surface area contributed by atoms with Gasteiger partial charge in [0, 0.05) is 18.6 Å². The van der Waals surface area contributed by atoms with Crippen LogP contribution in [0.25, 0.3) is 21.8 Å². The highest BCUT2D eigenvalue weighted by molar-refractivity contribution is 7.91. The SMILES string of the molecule is Cc1ccc(S(=O)(=O)[N+](C=O)(CCC(=O)O)c2c3ccccc3[n+](CCCS(=O)(=O)O)c3ccccc23)cc1.O=S(=O)(O)C(F)(F)F. The van der Waals surface area contributed by atoms with Crippen molar-refractivity contribution < 1.29 is 66.8 Å². The number of aromatic nitrogens is 1. The van der Waals surface area contributed by atoms with Crippen molar-refractivity contribution in [1.82, 2.24) is 3.89 Å². The molecular weight excluding hydrogens is 694 g/mol. The van der Waals surface area contributed by atoms with Crippen molar-refractivity contribution in [2.75, 3.05) is 12.3 Å². The Balaban J connectivity index is 0.000000665. The number of benzene rings is 3. The molecule has 1 atom stereocenters. The maximum atomic E-state index is 14.3. The summed E-state index contributed by atoms with van der Waals surface area (Å²) in [6.45, 7) is 1.40. The Morgan fingerprint density at radius 1 is 0.851 bits per heavy atom. The second-order valence-electron chi connectivity index (χ2n) is 10.2. The average molecular weight is 723 g/mol. The van der Waals surface area contributed by atoms with Crippen molar-refractivity contribution in [1.29, 1.82) is 0 Å². The zero-order valence-corrected chi connectivity index (χ0v) is 26.9. The predicted octanol–water partition coefficient (Wildman–Crippen LogP) is 3.59. The number of para-hydroxylation sites is 2. The van der Waals surface area contributed by atoms with Crippen LogP contribution in [0, 0.1) is 6.92 Å². The number of carbonyl (C=O) groups is 2. The quantitative estimate of drug-likeness (QED) is 0.0510. The number of aliphatic carboxylic acids is 1. The molecule has 0 saturated heterocycles. The van der Waals surface area contributed by atoms with Gasteiger partial charge in [-0.25, -0.2) is 4.79 Å². The summed E-state index contributed by atoms with van der Waals surface area (Å²) in [4.78, 5) is 24.6. The van der Waals surface area contributed by atoms with Crippen LogP contribution >= 0.6 is 0 Å². The highest BCUT2D eigenvalue weighted by Gasteiger charge is 2.50. The molecule has 19 heteroatoms. The molecule has 254 valence electrons. The number of rotatable bonds is 11. The molecule has 47 heavy (non-hydrogen) atoms. The molecule has 13 nitrogen and oxygen atoms in total. The maximum Gasteiger partial charge on any atom is 0.522 e. The molecule has 1 aromatic heterocycles. The molecule has 0 fully saturated rings. The summed E-state index contributed by atoms with van der Waals surface area (Å²) in [5, 5.41) is 10.3. The number of halogens is 3. The molecule has 1 unspecified atom stereocenters. The molecule has 0 radical (unpaired) electrons. The summed E-state index contributed by atoms with van der Waals surface area (Å²) in [6.07, 6.45) is -0.254. The summed E-state index contributed by atoms with van der Waals surface area (Å²) in [7, 11) is -14.6. The molecule has 1 amide bonds. The Morgan fingerprint density at radius 2 is 1.32 bits per heavy atom. The number of hydrogen-bond donors (Lipinski definition) is 3. The third kappa shape index (κ3) is 8.29. The van der Waals surface area contributed by atoms with Crippen LogP contribution in [-0.4, -0.2) is 69.7 Å². The van der Waals surface area contributed by atoms with E-state index in [2.05, 4.69) is 0 Å². The van der Waals surface area contributed by atoms with Crippen molar-refractivity contribution in [3.05, 3.63) is 78.4 Å². The number of carbonyl (C=O) groups excluding carboxylic acids is 1. The molecule has 1 heterocycles. The Kier molecular flexibility index (Phi) is 11.2. The van der Waals surface area contributed by atoms with Gasteiger partial charge in [-0.3, -0.25) is 13.9 Å². The lowest BCUT2D eigenvalue weighted by Crippen LogP contribution is -2.54. The van der Waals surface area contributed by atoms with Crippen LogP contribution in [-0.2, 0) is 46.4 Å². The summed E-state index contributed by atoms with van der Waals surface area (Å²) >= 11 is 0. The first-order valence-electron chi connectivity index (χ1n) is 13.4. The van der Waals surface area contributed by atoms with Crippen LogP contribution in [0.2, 0.25) is 0 Å². The number of carboxylic acid groups (broad SMARTS) is 1. The number of hydrogen-bond acceptors (Lipinski definition) is 8. The summed E-state index contributed by atoms with van der Waals surface area (Å²) < 4.78 is 119. The Labute approximate surface area is 267 Å². The lowest BCUT2D eigenvalue weighted by Gasteiger charge is -2.31. The monoisotopic (exact) mass is 722 g/mol. The Hall–Kier alpha value is -4.01.